The molecule has 12 heteroatoms. The Balaban J connectivity index is 0.000000447. The molecule has 0 amide bonds. The number of carboxylic acids is 1. The van der Waals surface area contributed by atoms with Crippen molar-refractivity contribution in [3.63, 3.8) is 0 Å². The third-order valence-corrected chi connectivity index (χ3v) is 3.44. The molecule has 158 valence electrons. The molecule has 0 radical (unpaired) electrons. The third kappa shape index (κ3) is 8.09. The van der Waals surface area contributed by atoms with Crippen LogP contribution in [0.15, 0.2) is 41.6 Å². The lowest BCUT2D eigenvalue weighted by Gasteiger charge is -2.05. The second-order valence-electron chi connectivity index (χ2n) is 5.55. The summed E-state index contributed by atoms with van der Waals surface area (Å²) in [4.78, 5) is 31.8. The summed E-state index contributed by atoms with van der Waals surface area (Å²) in [5.41, 5.74) is 6.89. The highest BCUT2D eigenvalue weighted by Gasteiger charge is 2.40. The monoisotopic (exact) mass is 417 g/mol. The van der Waals surface area contributed by atoms with Crippen LogP contribution < -0.4 is 16.0 Å². The van der Waals surface area contributed by atoms with Crippen LogP contribution in [0.1, 0.15) is 6.42 Å². The van der Waals surface area contributed by atoms with Gasteiger partial charge in [0.1, 0.15) is 12.6 Å². The second kappa shape index (κ2) is 10.9. The Morgan fingerprint density at radius 2 is 2.00 bits per heavy atom. The number of esters is 1. The highest BCUT2D eigenvalue weighted by atomic mass is 19.4. The first-order valence-corrected chi connectivity index (χ1v) is 8.22. The van der Waals surface area contributed by atoms with Crippen molar-refractivity contribution in [3.05, 3.63) is 47.1 Å². The van der Waals surface area contributed by atoms with Crippen molar-refractivity contribution < 1.29 is 37.3 Å². The van der Waals surface area contributed by atoms with Crippen molar-refractivity contribution in [3.8, 4) is 11.1 Å². The van der Waals surface area contributed by atoms with E-state index in [2.05, 4.69) is 9.84 Å². The topological polar surface area (TPSA) is 128 Å². The summed E-state index contributed by atoms with van der Waals surface area (Å²) in [7, 11) is 0.676. The van der Waals surface area contributed by atoms with Gasteiger partial charge in [-0.1, -0.05) is 4.68 Å². The van der Waals surface area contributed by atoms with E-state index in [1.807, 2.05) is 6.07 Å². The molecule has 0 aliphatic heterocycles. The van der Waals surface area contributed by atoms with Crippen LogP contribution in [-0.2, 0) is 27.4 Å². The fraction of sp³-hybridized carbons (Fsp3) is 0.353. The number of halogens is 3. The summed E-state index contributed by atoms with van der Waals surface area (Å²) in [6.07, 6.45) is 0.185. The fourth-order valence-electron chi connectivity index (χ4n) is 2.02. The van der Waals surface area contributed by atoms with Crippen LogP contribution in [0.5, 0.6) is 0 Å². The molecule has 2 heterocycles. The third-order valence-electron chi connectivity index (χ3n) is 3.44. The zero-order valence-corrected chi connectivity index (χ0v) is 15.4. The average molecular weight is 417 g/mol. The number of pyridine rings is 1. The summed E-state index contributed by atoms with van der Waals surface area (Å²) in [6, 6.07) is 5.17. The van der Waals surface area contributed by atoms with E-state index in [9.17, 15) is 27.6 Å². The Labute approximate surface area is 163 Å². The predicted molar refractivity (Wildman–Crippen MR) is 93.5 cm³/mol. The molecule has 0 atom stereocenters. The molecule has 2 aromatic rings. The zero-order chi connectivity index (χ0) is 22.0. The van der Waals surface area contributed by atoms with Crippen LogP contribution in [0.25, 0.3) is 11.1 Å². The molecular formula is C17H20F3N4O5+. The van der Waals surface area contributed by atoms with Crippen molar-refractivity contribution in [1.82, 2.24) is 9.67 Å². The number of alkyl halides is 3. The first-order valence-electron chi connectivity index (χ1n) is 8.22. The molecule has 0 aliphatic rings. The average Bonchev–Trinajstić information content (AvgIpc) is 2.67. The van der Waals surface area contributed by atoms with Gasteiger partial charge in [-0.3, -0.25) is 9.59 Å². The molecule has 0 fully saturated rings. The van der Waals surface area contributed by atoms with Crippen LogP contribution in [0.3, 0.4) is 0 Å². The molecule has 0 unspecified atom stereocenters. The van der Waals surface area contributed by atoms with Gasteiger partial charge < -0.3 is 20.1 Å². The number of carbonyl (C=O) groups is 2. The van der Waals surface area contributed by atoms with Crippen molar-refractivity contribution in [2.45, 2.75) is 25.7 Å². The molecule has 2 aromatic heterocycles. The minimum absolute atomic E-state index is 0.0200. The van der Waals surface area contributed by atoms with E-state index in [1.54, 1.807) is 33.9 Å². The van der Waals surface area contributed by atoms with Crippen LogP contribution in [0, 0.1) is 0 Å². The number of carboxylic acid groups (broad SMARTS) is 1. The Bertz CT molecular complexity index is 882. The number of aryl methyl sites for hydroxylation is 1. The van der Waals surface area contributed by atoms with E-state index in [0.29, 0.717) is 26.7 Å². The minimum atomic E-state index is -4.85. The van der Waals surface area contributed by atoms with Crippen molar-refractivity contribution in [2.24, 2.45) is 5.73 Å². The Hall–Kier alpha value is -3.28. The largest absolute Gasteiger partial charge is 0.490 e. The highest BCUT2D eigenvalue weighted by molar-refractivity contribution is 5.75. The summed E-state index contributed by atoms with van der Waals surface area (Å²) < 4.78 is 39.4. The lowest BCUT2D eigenvalue weighted by molar-refractivity contribution is -0.752. The van der Waals surface area contributed by atoms with Gasteiger partial charge in [-0.15, -0.1) is 0 Å². The number of nitrogens with zero attached hydrogens (tertiary/aromatic N) is 3. The van der Waals surface area contributed by atoms with Crippen LogP contribution in [0.2, 0.25) is 0 Å². The molecular weight excluding hydrogens is 397 g/mol. The first-order chi connectivity index (χ1) is 13.6. The van der Waals surface area contributed by atoms with Gasteiger partial charge in [0.25, 0.3) is 5.56 Å². The lowest BCUT2D eigenvalue weighted by Crippen LogP contribution is -2.38. The van der Waals surface area contributed by atoms with E-state index < -0.39 is 18.1 Å². The number of hydrogen-bond donors (Lipinski definition) is 2. The van der Waals surface area contributed by atoms with E-state index >= 15 is 0 Å². The molecule has 0 aromatic carbocycles. The van der Waals surface area contributed by atoms with Gasteiger partial charge in [-0.05, 0) is 16.7 Å². The van der Waals surface area contributed by atoms with Gasteiger partial charge >= 0.3 is 18.1 Å². The van der Waals surface area contributed by atoms with Crippen LogP contribution >= 0.6 is 0 Å². The summed E-state index contributed by atoms with van der Waals surface area (Å²) >= 11 is 0. The highest BCUT2D eigenvalue weighted by Crippen LogP contribution is 2.15. The summed E-state index contributed by atoms with van der Waals surface area (Å²) in [6.45, 7) is 1.21. The molecule has 3 N–H and O–H groups in total. The van der Waals surface area contributed by atoms with E-state index in [4.69, 9.17) is 10.8 Å². The molecule has 0 saturated heterocycles. The number of ether oxygens (including phenoxy) is 1. The Morgan fingerprint density at radius 3 is 2.41 bits per heavy atom. The number of aliphatic carboxylic acids is 1. The van der Waals surface area contributed by atoms with Gasteiger partial charge in [0.05, 0.1) is 7.11 Å². The summed E-state index contributed by atoms with van der Waals surface area (Å²) in [5.74, 6) is -3.03. The first kappa shape index (κ1) is 23.8. The molecule has 0 bridgehead atoms. The molecule has 0 saturated carbocycles. The second-order valence-corrected chi connectivity index (χ2v) is 5.55. The van der Waals surface area contributed by atoms with Gasteiger partial charge in [0.2, 0.25) is 0 Å². The summed E-state index contributed by atoms with van der Waals surface area (Å²) in [5, 5.41) is 12.8. The number of aromatic nitrogens is 3. The Morgan fingerprint density at radius 1 is 1.31 bits per heavy atom. The quantitative estimate of drug-likeness (QED) is 0.513. The van der Waals surface area contributed by atoms with E-state index in [0.717, 1.165) is 11.1 Å². The molecule has 2 rings (SSSR count). The van der Waals surface area contributed by atoms with Crippen molar-refractivity contribution in [2.75, 3.05) is 13.7 Å². The van der Waals surface area contributed by atoms with Crippen molar-refractivity contribution >= 4 is 11.9 Å². The Kier molecular flexibility index (Phi) is 8.93. The number of hydrogen-bond acceptors (Lipinski definition) is 6. The standard InChI is InChI=1S/C14H16N4O3.C3H3F3O2/c15-4-8-17-5-1-11(9-13(17)19)12-2-6-18(16-10-12)7-3-14(20)21;1-8-2(7)3(4,5)6/h1-2,5-6,9-10H,3-4,7-8,15H2;1H3/p+1. The minimum Gasteiger partial charge on any atom is -0.481 e. The lowest BCUT2D eigenvalue weighted by atomic mass is 10.1. The van der Waals surface area contributed by atoms with Crippen molar-refractivity contribution in [1.29, 1.82) is 0 Å². The maximum Gasteiger partial charge on any atom is 0.490 e. The molecule has 0 spiro atoms. The van der Waals surface area contributed by atoms with Gasteiger partial charge in [-0.25, -0.2) is 4.79 Å². The van der Waals surface area contributed by atoms with Gasteiger partial charge in [0.15, 0.2) is 12.7 Å². The smallest absolute Gasteiger partial charge is 0.481 e. The SMILES string of the molecule is COC(=O)C(F)(F)F.NCCn1ccc(-c2cc[n+](CCC(=O)O)nc2)cc1=O. The fourth-order valence-corrected chi connectivity index (χ4v) is 2.02. The molecule has 9 nitrogen and oxygen atoms in total. The van der Waals surface area contributed by atoms with E-state index in [-0.39, 0.29) is 12.0 Å². The normalized spacial score (nSPS) is 10.7. The maximum absolute atomic E-state index is 11.9. The van der Waals surface area contributed by atoms with Gasteiger partial charge in [-0.2, -0.15) is 13.2 Å². The van der Waals surface area contributed by atoms with Gasteiger partial charge in [0, 0.05) is 37.0 Å². The zero-order valence-electron chi connectivity index (χ0n) is 15.4. The maximum atomic E-state index is 11.9. The predicted octanol–water partition coefficient (Wildman–Crippen LogP) is 0.353. The van der Waals surface area contributed by atoms with Crippen LogP contribution in [0.4, 0.5) is 13.2 Å². The molecule has 0 aliphatic carbocycles. The van der Waals surface area contributed by atoms with E-state index in [1.165, 1.54) is 6.07 Å². The molecule has 29 heavy (non-hydrogen) atoms. The number of rotatable bonds is 6. The number of methoxy groups -OCH3 is 1. The number of nitrogens with two attached hydrogens (primary N) is 1. The van der Waals surface area contributed by atoms with Crippen LogP contribution in [-0.4, -0.2) is 46.5 Å². The number of carbonyl (C=O) groups excluding carboxylic acids is 1.